The molecule has 8 heteroatoms. The van der Waals surface area contributed by atoms with Crippen LogP contribution in [0.25, 0.3) is 0 Å². The van der Waals surface area contributed by atoms with E-state index >= 15 is 0 Å². The Morgan fingerprint density at radius 1 is 1.10 bits per heavy atom. The van der Waals surface area contributed by atoms with Crippen LogP contribution in [0.1, 0.15) is 11.6 Å². The van der Waals surface area contributed by atoms with Crippen molar-refractivity contribution < 1.29 is 19.4 Å². The normalized spacial score (nSPS) is 17.1. The largest absolute Gasteiger partial charge is 0.493 e. The van der Waals surface area contributed by atoms with Gasteiger partial charge in [0.15, 0.2) is 11.5 Å². The smallest absolute Gasteiger partial charge is 0.239 e. The maximum Gasteiger partial charge on any atom is 0.239 e. The molecule has 0 bridgehead atoms. The summed E-state index contributed by atoms with van der Waals surface area (Å²) in [6.07, 6.45) is 1.40. The van der Waals surface area contributed by atoms with E-state index in [1.165, 1.54) is 0 Å². The third-order valence-corrected chi connectivity index (χ3v) is 6.19. The van der Waals surface area contributed by atoms with Crippen molar-refractivity contribution in [3.05, 3.63) is 54.1 Å². The van der Waals surface area contributed by atoms with Gasteiger partial charge in [0, 0.05) is 37.6 Å². The van der Waals surface area contributed by atoms with E-state index in [1.54, 1.807) is 18.9 Å². The van der Waals surface area contributed by atoms with E-state index in [2.05, 4.69) is 9.80 Å². The second-order valence-electron chi connectivity index (χ2n) is 7.53. The summed E-state index contributed by atoms with van der Waals surface area (Å²) in [5, 5.41) is 10.4. The number of para-hydroxylation sites is 2. The first-order chi connectivity index (χ1) is 15.0. The summed E-state index contributed by atoms with van der Waals surface area (Å²) in [6, 6.07) is 14.9. The number of β-amino-alcohol motifs (C(OH)–C–C–N with tert-alkyl or cyclic N) is 1. The molecule has 31 heavy (non-hydrogen) atoms. The van der Waals surface area contributed by atoms with Crippen molar-refractivity contribution in [3.63, 3.8) is 0 Å². The molecule has 2 unspecified atom stereocenters. The van der Waals surface area contributed by atoms with Crippen LogP contribution >= 0.6 is 11.8 Å². The molecule has 0 saturated carbocycles. The zero-order valence-electron chi connectivity index (χ0n) is 18.1. The molecule has 1 saturated heterocycles. The van der Waals surface area contributed by atoms with Crippen molar-refractivity contribution in [2.45, 2.75) is 17.0 Å². The van der Waals surface area contributed by atoms with E-state index < -0.39 is 12.1 Å². The molecule has 0 aliphatic carbocycles. The number of thioether (sulfide) groups is 1. The summed E-state index contributed by atoms with van der Waals surface area (Å²) < 4.78 is 11.0. The van der Waals surface area contributed by atoms with Gasteiger partial charge in [-0.1, -0.05) is 24.3 Å². The molecule has 1 aliphatic rings. The number of carbonyl (C=O) groups excluding carboxylic acids is 1. The lowest BCUT2D eigenvalue weighted by atomic mass is 10.0. The van der Waals surface area contributed by atoms with Crippen LogP contribution in [0, 0.1) is 0 Å². The maximum atomic E-state index is 12.2. The number of ether oxygens (including phenoxy) is 2. The predicted octanol–water partition coefficient (Wildman–Crippen LogP) is 2.00. The number of hydrogen-bond donors (Lipinski definition) is 2. The SMILES string of the molecule is COc1ccccc1OCC(O)CN1CCN(C(C(N)=O)c2ccc(SC)cc2)CC1. The number of rotatable bonds is 10. The standard InChI is InChI=1S/C23H31N3O4S/c1-29-20-5-3-4-6-21(20)30-16-18(27)15-25-11-13-26(14-12-25)22(23(24)28)17-7-9-19(31-2)10-8-17/h3-10,18,22,27H,11-16H2,1-2H3,(H2,24,28). The fourth-order valence-corrected chi connectivity index (χ4v) is 4.23. The van der Waals surface area contributed by atoms with Gasteiger partial charge in [-0.05, 0) is 36.1 Å². The molecule has 168 valence electrons. The number of benzene rings is 2. The zero-order valence-corrected chi connectivity index (χ0v) is 18.9. The van der Waals surface area contributed by atoms with E-state index in [0.29, 0.717) is 31.1 Å². The Morgan fingerprint density at radius 2 is 1.74 bits per heavy atom. The number of nitrogens with zero attached hydrogens (tertiary/aromatic N) is 2. The van der Waals surface area contributed by atoms with Crippen LogP contribution in [-0.4, -0.2) is 79.6 Å². The summed E-state index contributed by atoms with van der Waals surface area (Å²) in [4.78, 5) is 17.6. The summed E-state index contributed by atoms with van der Waals surface area (Å²) in [5.74, 6) is 0.924. The van der Waals surface area contributed by atoms with Crippen LogP contribution in [0.3, 0.4) is 0 Å². The van der Waals surface area contributed by atoms with E-state index in [0.717, 1.165) is 23.5 Å². The highest BCUT2D eigenvalue weighted by Gasteiger charge is 2.29. The Balaban J connectivity index is 1.50. The molecular weight excluding hydrogens is 414 g/mol. The molecule has 0 radical (unpaired) electrons. The van der Waals surface area contributed by atoms with Crippen LogP contribution < -0.4 is 15.2 Å². The Kier molecular flexibility index (Phi) is 8.60. The molecule has 7 nitrogen and oxygen atoms in total. The van der Waals surface area contributed by atoms with Crippen LogP contribution in [-0.2, 0) is 4.79 Å². The molecule has 1 heterocycles. The van der Waals surface area contributed by atoms with Gasteiger partial charge in [0.25, 0.3) is 0 Å². The molecule has 1 amide bonds. The van der Waals surface area contributed by atoms with Gasteiger partial charge in [-0.3, -0.25) is 14.6 Å². The van der Waals surface area contributed by atoms with Crippen molar-refractivity contribution >= 4 is 17.7 Å². The summed E-state index contributed by atoms with van der Waals surface area (Å²) in [6.45, 7) is 3.60. The fraction of sp³-hybridized carbons (Fsp3) is 0.435. The van der Waals surface area contributed by atoms with Gasteiger partial charge in [0.1, 0.15) is 18.8 Å². The van der Waals surface area contributed by atoms with Gasteiger partial charge in [-0.15, -0.1) is 11.8 Å². The van der Waals surface area contributed by atoms with Crippen molar-refractivity contribution in [2.24, 2.45) is 5.73 Å². The average Bonchev–Trinajstić information content (AvgIpc) is 2.79. The van der Waals surface area contributed by atoms with Gasteiger partial charge in [-0.25, -0.2) is 0 Å². The lowest BCUT2D eigenvalue weighted by Gasteiger charge is -2.38. The Labute approximate surface area is 188 Å². The number of primary amides is 1. The maximum absolute atomic E-state index is 12.2. The fourth-order valence-electron chi connectivity index (χ4n) is 3.82. The van der Waals surface area contributed by atoms with Gasteiger partial charge in [0.05, 0.1) is 7.11 Å². The number of aliphatic hydroxyl groups is 1. The first-order valence-corrected chi connectivity index (χ1v) is 11.6. The predicted molar refractivity (Wildman–Crippen MR) is 123 cm³/mol. The molecule has 0 aromatic heterocycles. The van der Waals surface area contributed by atoms with E-state index in [9.17, 15) is 9.90 Å². The highest BCUT2D eigenvalue weighted by molar-refractivity contribution is 7.98. The van der Waals surface area contributed by atoms with E-state index in [4.69, 9.17) is 15.2 Å². The molecule has 3 N–H and O–H groups in total. The van der Waals surface area contributed by atoms with Crippen LogP contribution in [0.2, 0.25) is 0 Å². The minimum atomic E-state index is -0.623. The summed E-state index contributed by atoms with van der Waals surface area (Å²) >= 11 is 1.67. The Bertz CT molecular complexity index is 841. The van der Waals surface area contributed by atoms with Crippen molar-refractivity contribution in [3.8, 4) is 11.5 Å². The van der Waals surface area contributed by atoms with Crippen molar-refractivity contribution in [2.75, 3.05) is 52.7 Å². The third-order valence-electron chi connectivity index (χ3n) is 5.44. The van der Waals surface area contributed by atoms with E-state index in [1.807, 2.05) is 54.8 Å². The Hall–Kier alpha value is -2.26. The number of piperazine rings is 1. The van der Waals surface area contributed by atoms with Gasteiger partial charge >= 0.3 is 0 Å². The molecule has 2 aromatic rings. The van der Waals surface area contributed by atoms with Crippen molar-refractivity contribution in [1.29, 1.82) is 0 Å². The van der Waals surface area contributed by atoms with Crippen LogP contribution in [0.15, 0.2) is 53.4 Å². The molecule has 1 aliphatic heterocycles. The number of hydrogen-bond acceptors (Lipinski definition) is 7. The quantitative estimate of drug-likeness (QED) is 0.541. The van der Waals surface area contributed by atoms with Gasteiger partial charge in [0.2, 0.25) is 5.91 Å². The number of carbonyl (C=O) groups is 1. The first-order valence-electron chi connectivity index (χ1n) is 10.4. The average molecular weight is 446 g/mol. The molecule has 2 aromatic carbocycles. The number of nitrogens with two attached hydrogens (primary N) is 1. The number of aliphatic hydroxyl groups excluding tert-OH is 1. The zero-order chi connectivity index (χ0) is 22.2. The number of amides is 1. The van der Waals surface area contributed by atoms with Gasteiger partial charge in [-0.2, -0.15) is 0 Å². The second-order valence-corrected chi connectivity index (χ2v) is 8.41. The minimum Gasteiger partial charge on any atom is -0.493 e. The van der Waals surface area contributed by atoms with Crippen molar-refractivity contribution in [1.82, 2.24) is 9.80 Å². The highest BCUT2D eigenvalue weighted by Crippen LogP contribution is 2.26. The highest BCUT2D eigenvalue weighted by atomic mass is 32.2. The molecule has 3 rings (SSSR count). The summed E-state index contributed by atoms with van der Waals surface area (Å²) in [7, 11) is 1.59. The van der Waals surface area contributed by atoms with Crippen LogP contribution in [0.4, 0.5) is 0 Å². The van der Waals surface area contributed by atoms with Gasteiger partial charge < -0.3 is 20.3 Å². The molecule has 0 spiro atoms. The van der Waals surface area contributed by atoms with E-state index in [-0.39, 0.29) is 12.5 Å². The van der Waals surface area contributed by atoms with Crippen LogP contribution in [0.5, 0.6) is 11.5 Å². The first kappa shape index (κ1) is 23.4. The Morgan fingerprint density at radius 3 is 2.32 bits per heavy atom. The summed E-state index contributed by atoms with van der Waals surface area (Å²) in [5.41, 5.74) is 6.66. The molecule has 2 atom stereocenters. The molecular formula is C23H31N3O4S. The number of methoxy groups -OCH3 is 1. The lowest BCUT2D eigenvalue weighted by molar-refractivity contribution is -0.124. The third kappa shape index (κ3) is 6.36. The second kappa shape index (κ2) is 11.4. The minimum absolute atomic E-state index is 0.187. The monoisotopic (exact) mass is 445 g/mol. The molecule has 1 fully saturated rings. The lowest BCUT2D eigenvalue weighted by Crippen LogP contribution is -2.52. The topological polar surface area (TPSA) is 88.3 Å².